The zero-order chi connectivity index (χ0) is 13.9. The SMILES string of the molecule is O=S(=O)(c1ccccc1)N1CCN(CCO)C(Br)C1. The van der Waals surface area contributed by atoms with E-state index < -0.39 is 10.0 Å². The topological polar surface area (TPSA) is 60.9 Å². The molecule has 0 saturated carbocycles. The van der Waals surface area contributed by atoms with Gasteiger partial charge in [0, 0.05) is 26.2 Å². The summed E-state index contributed by atoms with van der Waals surface area (Å²) >= 11 is 3.47. The van der Waals surface area contributed by atoms with Crippen molar-refractivity contribution in [3.05, 3.63) is 30.3 Å². The van der Waals surface area contributed by atoms with Crippen LogP contribution >= 0.6 is 15.9 Å². The van der Waals surface area contributed by atoms with E-state index in [1.807, 2.05) is 4.90 Å². The Morgan fingerprint density at radius 2 is 1.95 bits per heavy atom. The van der Waals surface area contributed by atoms with Gasteiger partial charge >= 0.3 is 0 Å². The maximum absolute atomic E-state index is 12.4. The fourth-order valence-electron chi connectivity index (χ4n) is 2.10. The van der Waals surface area contributed by atoms with E-state index in [0.29, 0.717) is 31.1 Å². The van der Waals surface area contributed by atoms with Crippen LogP contribution in [0.3, 0.4) is 0 Å². The van der Waals surface area contributed by atoms with Crippen molar-refractivity contribution < 1.29 is 13.5 Å². The Kier molecular flexibility index (Phi) is 4.97. The fourth-order valence-corrected chi connectivity index (χ4v) is 4.50. The van der Waals surface area contributed by atoms with Crippen LogP contribution in [0, 0.1) is 0 Å². The Bertz CT molecular complexity index is 509. The predicted octanol–water partition coefficient (Wildman–Crippen LogP) is 0.706. The smallest absolute Gasteiger partial charge is 0.243 e. The zero-order valence-corrected chi connectivity index (χ0v) is 12.8. The van der Waals surface area contributed by atoms with Gasteiger partial charge in [-0.3, -0.25) is 4.90 Å². The van der Waals surface area contributed by atoms with Gasteiger partial charge < -0.3 is 5.11 Å². The molecule has 7 heteroatoms. The second-order valence-corrected chi connectivity index (χ2v) is 7.37. The first kappa shape index (κ1) is 14.9. The van der Waals surface area contributed by atoms with Crippen molar-refractivity contribution >= 4 is 26.0 Å². The molecule has 1 fully saturated rings. The fraction of sp³-hybridized carbons (Fsp3) is 0.500. The molecule has 19 heavy (non-hydrogen) atoms. The maximum Gasteiger partial charge on any atom is 0.243 e. The van der Waals surface area contributed by atoms with Crippen molar-refractivity contribution in [2.45, 2.75) is 9.85 Å². The summed E-state index contributed by atoms with van der Waals surface area (Å²) in [7, 11) is -3.42. The first-order chi connectivity index (χ1) is 9.05. The number of piperazine rings is 1. The van der Waals surface area contributed by atoms with Crippen molar-refractivity contribution in [2.75, 3.05) is 32.8 Å². The molecule has 0 radical (unpaired) electrons. The van der Waals surface area contributed by atoms with Gasteiger partial charge in [-0.15, -0.1) is 0 Å². The number of benzene rings is 1. The molecule has 1 aromatic carbocycles. The molecule has 1 aliphatic heterocycles. The summed E-state index contributed by atoms with van der Waals surface area (Å²) in [6.45, 7) is 2.07. The third-order valence-corrected chi connectivity index (χ3v) is 5.90. The normalized spacial score (nSPS) is 22.5. The Morgan fingerprint density at radius 1 is 1.26 bits per heavy atom. The Labute approximate surface area is 122 Å². The maximum atomic E-state index is 12.4. The Hall–Kier alpha value is -0.470. The number of hydrogen-bond acceptors (Lipinski definition) is 4. The molecule has 1 unspecified atom stereocenters. The minimum absolute atomic E-state index is 0.0631. The van der Waals surface area contributed by atoms with Gasteiger partial charge in [0.1, 0.15) is 0 Å². The average Bonchev–Trinajstić information content (AvgIpc) is 2.42. The van der Waals surface area contributed by atoms with Crippen LogP contribution in [0.15, 0.2) is 35.2 Å². The molecule has 1 N–H and O–H groups in total. The highest BCUT2D eigenvalue weighted by atomic mass is 79.9. The lowest BCUT2D eigenvalue weighted by atomic mass is 10.3. The molecule has 1 atom stereocenters. The monoisotopic (exact) mass is 348 g/mol. The number of halogens is 1. The summed E-state index contributed by atoms with van der Waals surface area (Å²) in [4.78, 5) is 2.29. The predicted molar refractivity (Wildman–Crippen MR) is 76.6 cm³/mol. The van der Waals surface area contributed by atoms with E-state index in [4.69, 9.17) is 5.11 Å². The van der Waals surface area contributed by atoms with Gasteiger partial charge in [0.25, 0.3) is 0 Å². The van der Waals surface area contributed by atoms with Gasteiger partial charge in [-0.2, -0.15) is 4.31 Å². The van der Waals surface area contributed by atoms with Gasteiger partial charge in [-0.05, 0) is 12.1 Å². The molecule has 1 aromatic rings. The number of nitrogens with zero attached hydrogens (tertiary/aromatic N) is 2. The van der Waals surface area contributed by atoms with E-state index in [2.05, 4.69) is 15.9 Å². The van der Waals surface area contributed by atoms with Gasteiger partial charge in [-0.25, -0.2) is 8.42 Å². The highest BCUT2D eigenvalue weighted by Gasteiger charge is 2.32. The van der Waals surface area contributed by atoms with Crippen LogP contribution in [0.2, 0.25) is 0 Å². The molecular weight excluding hydrogens is 332 g/mol. The van der Waals surface area contributed by atoms with Crippen molar-refractivity contribution in [1.82, 2.24) is 9.21 Å². The van der Waals surface area contributed by atoms with Crippen molar-refractivity contribution in [3.8, 4) is 0 Å². The Morgan fingerprint density at radius 3 is 2.53 bits per heavy atom. The first-order valence-corrected chi connectivity index (χ1v) is 8.45. The van der Waals surface area contributed by atoms with Crippen LogP contribution in [-0.4, -0.2) is 60.5 Å². The van der Waals surface area contributed by atoms with Crippen LogP contribution < -0.4 is 0 Å². The summed E-state index contributed by atoms with van der Waals surface area (Å²) in [5.41, 5.74) is 0. The standard InChI is InChI=1S/C12H17BrN2O3S/c13-12-10-15(7-6-14(12)8-9-16)19(17,18)11-4-2-1-3-5-11/h1-5,12,16H,6-10H2. The summed E-state index contributed by atoms with van der Waals surface area (Å²) < 4.78 is 26.4. The molecule has 5 nitrogen and oxygen atoms in total. The lowest BCUT2D eigenvalue weighted by molar-refractivity contribution is 0.139. The van der Waals surface area contributed by atoms with E-state index in [9.17, 15) is 8.42 Å². The summed E-state index contributed by atoms with van der Waals surface area (Å²) in [5.74, 6) is 0. The minimum Gasteiger partial charge on any atom is -0.395 e. The van der Waals surface area contributed by atoms with Crippen LogP contribution in [0.4, 0.5) is 0 Å². The first-order valence-electron chi connectivity index (χ1n) is 6.10. The third kappa shape index (κ3) is 3.35. The van der Waals surface area contributed by atoms with Crippen LogP contribution in [0.1, 0.15) is 0 Å². The van der Waals surface area contributed by atoms with E-state index in [-0.39, 0.29) is 11.6 Å². The second kappa shape index (κ2) is 6.32. The quantitative estimate of drug-likeness (QED) is 0.642. The number of sulfonamides is 1. The van der Waals surface area contributed by atoms with E-state index in [1.165, 1.54) is 4.31 Å². The number of β-amino-alcohol motifs (C(OH)–C–C–N with tert-alkyl or cyclic N) is 1. The van der Waals surface area contributed by atoms with Crippen LogP contribution in [0.25, 0.3) is 0 Å². The molecular formula is C12H17BrN2O3S. The number of aliphatic hydroxyl groups excluding tert-OH is 1. The molecule has 0 amide bonds. The summed E-state index contributed by atoms with van der Waals surface area (Å²) in [6, 6.07) is 8.46. The van der Waals surface area contributed by atoms with Gasteiger partial charge in [0.05, 0.1) is 16.5 Å². The number of aliphatic hydroxyl groups is 1. The second-order valence-electron chi connectivity index (χ2n) is 4.37. The van der Waals surface area contributed by atoms with Crippen molar-refractivity contribution in [1.29, 1.82) is 0 Å². The van der Waals surface area contributed by atoms with E-state index >= 15 is 0 Å². The summed E-state index contributed by atoms with van der Waals surface area (Å²) in [5, 5.41) is 8.95. The molecule has 2 rings (SSSR count). The molecule has 0 bridgehead atoms. The van der Waals surface area contributed by atoms with Gasteiger partial charge in [0.15, 0.2) is 0 Å². The molecule has 0 aromatic heterocycles. The average molecular weight is 349 g/mol. The molecule has 1 saturated heterocycles. The minimum atomic E-state index is -3.42. The van der Waals surface area contributed by atoms with E-state index in [1.54, 1.807) is 30.3 Å². The highest BCUT2D eigenvalue weighted by Crippen LogP contribution is 2.21. The molecule has 0 spiro atoms. The zero-order valence-electron chi connectivity index (χ0n) is 10.4. The lowest BCUT2D eigenvalue weighted by Gasteiger charge is -2.37. The lowest BCUT2D eigenvalue weighted by Crippen LogP contribution is -2.52. The molecule has 106 valence electrons. The van der Waals surface area contributed by atoms with Crippen molar-refractivity contribution in [2.24, 2.45) is 0 Å². The molecule has 0 aliphatic carbocycles. The van der Waals surface area contributed by atoms with Crippen molar-refractivity contribution in [3.63, 3.8) is 0 Å². The molecule has 1 aliphatic rings. The Balaban J connectivity index is 2.12. The highest BCUT2D eigenvalue weighted by molar-refractivity contribution is 9.09. The van der Waals surface area contributed by atoms with Gasteiger partial charge in [-0.1, -0.05) is 34.1 Å². The van der Waals surface area contributed by atoms with E-state index in [0.717, 1.165) is 0 Å². The number of alkyl halides is 1. The third-order valence-electron chi connectivity index (χ3n) is 3.16. The summed E-state index contributed by atoms with van der Waals surface area (Å²) in [6.07, 6.45) is 0. The van der Waals surface area contributed by atoms with Crippen LogP contribution in [-0.2, 0) is 10.0 Å². The van der Waals surface area contributed by atoms with Crippen LogP contribution in [0.5, 0.6) is 0 Å². The molecule has 1 heterocycles. The largest absolute Gasteiger partial charge is 0.395 e. The number of rotatable bonds is 4. The number of hydrogen-bond donors (Lipinski definition) is 1. The van der Waals surface area contributed by atoms with Gasteiger partial charge in [0.2, 0.25) is 10.0 Å².